The van der Waals surface area contributed by atoms with Gasteiger partial charge in [-0.1, -0.05) is 0 Å². The van der Waals surface area contributed by atoms with Crippen molar-refractivity contribution in [3.63, 3.8) is 0 Å². The highest BCUT2D eigenvalue weighted by Gasteiger charge is 2.15. The van der Waals surface area contributed by atoms with Gasteiger partial charge >= 0.3 is 0 Å². The molecule has 0 fully saturated rings. The van der Waals surface area contributed by atoms with E-state index in [4.69, 9.17) is 5.11 Å². The molecule has 0 amide bonds. The minimum Gasteiger partial charge on any atom is -0.392 e. The Hall–Kier alpha value is 0.430. The largest absolute Gasteiger partial charge is 0.392 e. The van der Waals surface area contributed by atoms with Gasteiger partial charge in [0.25, 0.3) is 6.43 Å². The molecule has 0 aliphatic carbocycles. The summed E-state index contributed by atoms with van der Waals surface area (Å²) in [7, 11) is 0. The fourth-order valence-electron chi connectivity index (χ4n) is 0.781. The second-order valence-electron chi connectivity index (χ2n) is 2.26. The summed E-state index contributed by atoms with van der Waals surface area (Å²) in [5, 5.41) is 8.84. The zero-order valence-corrected chi connectivity index (χ0v) is 10.6. The van der Waals surface area contributed by atoms with Crippen molar-refractivity contribution in [3.8, 4) is 0 Å². The van der Waals surface area contributed by atoms with Gasteiger partial charge in [0.15, 0.2) is 0 Å². The number of alkyl halides is 2. The summed E-state index contributed by atoms with van der Waals surface area (Å²) < 4.78 is 25.4. The van der Waals surface area contributed by atoms with Crippen LogP contribution in [0, 0.1) is 7.27 Å². The van der Waals surface area contributed by atoms with Crippen LogP contribution in [0.15, 0.2) is 6.07 Å². The molecular formula is C7H5F2I2NO. The lowest BCUT2D eigenvalue weighted by Crippen LogP contribution is -2.01. The smallest absolute Gasteiger partial charge is 0.281 e. The van der Waals surface area contributed by atoms with Crippen molar-refractivity contribution in [1.82, 2.24) is 4.98 Å². The van der Waals surface area contributed by atoms with E-state index >= 15 is 0 Å². The minimum absolute atomic E-state index is 0.176. The summed E-state index contributed by atoms with van der Waals surface area (Å²) in [5.74, 6) is 0. The molecule has 0 saturated heterocycles. The normalized spacial score (nSPS) is 10.9. The molecule has 13 heavy (non-hydrogen) atoms. The minimum atomic E-state index is -2.56. The van der Waals surface area contributed by atoms with E-state index in [-0.39, 0.29) is 12.3 Å². The quantitative estimate of drug-likeness (QED) is 0.600. The topological polar surface area (TPSA) is 33.1 Å². The first-order chi connectivity index (χ1) is 6.06. The first kappa shape index (κ1) is 11.5. The van der Waals surface area contributed by atoms with Gasteiger partial charge in [0, 0.05) is 9.13 Å². The molecule has 1 rings (SSSR count). The average molecular weight is 411 g/mol. The van der Waals surface area contributed by atoms with Crippen LogP contribution < -0.4 is 0 Å². The standard InChI is InChI=1S/C7H5F2I2NO/c8-6(9)5-4(10)1-3(2-13)7(11)12-5/h1,6,13H,2H2. The van der Waals surface area contributed by atoms with Gasteiger partial charge in [-0.05, 0) is 51.2 Å². The van der Waals surface area contributed by atoms with Crippen molar-refractivity contribution >= 4 is 45.2 Å². The van der Waals surface area contributed by atoms with Crippen LogP contribution in [0.25, 0.3) is 0 Å². The van der Waals surface area contributed by atoms with Crippen LogP contribution in [-0.4, -0.2) is 10.1 Å². The summed E-state index contributed by atoms with van der Waals surface area (Å²) in [5.41, 5.74) is 0.358. The first-order valence-corrected chi connectivity index (χ1v) is 5.45. The van der Waals surface area contributed by atoms with Crippen molar-refractivity contribution in [3.05, 3.63) is 24.6 Å². The average Bonchev–Trinajstić information content (AvgIpc) is 2.07. The number of nitrogens with zero attached hydrogens (tertiary/aromatic N) is 1. The molecule has 0 aromatic carbocycles. The second kappa shape index (κ2) is 4.78. The number of aliphatic hydroxyl groups excluding tert-OH is 1. The van der Waals surface area contributed by atoms with Gasteiger partial charge in [0.2, 0.25) is 0 Å². The van der Waals surface area contributed by atoms with Crippen LogP contribution >= 0.6 is 45.2 Å². The summed E-state index contributed by atoms with van der Waals surface area (Å²) in [6.45, 7) is -0.176. The van der Waals surface area contributed by atoms with Gasteiger partial charge < -0.3 is 5.11 Å². The molecule has 0 radical (unpaired) electrons. The highest BCUT2D eigenvalue weighted by Crippen LogP contribution is 2.25. The number of rotatable bonds is 2. The lowest BCUT2D eigenvalue weighted by Gasteiger charge is -2.06. The number of hydrogen-bond acceptors (Lipinski definition) is 2. The maximum absolute atomic E-state index is 12.3. The summed E-state index contributed by atoms with van der Waals surface area (Å²) in [4.78, 5) is 3.71. The molecule has 1 aromatic heterocycles. The van der Waals surface area contributed by atoms with E-state index in [1.54, 1.807) is 22.6 Å². The first-order valence-electron chi connectivity index (χ1n) is 3.30. The highest BCUT2D eigenvalue weighted by atomic mass is 127. The van der Waals surface area contributed by atoms with Gasteiger partial charge in [-0.3, -0.25) is 0 Å². The van der Waals surface area contributed by atoms with Crippen LogP contribution in [-0.2, 0) is 6.61 Å². The number of aliphatic hydroxyl groups is 1. The fourth-order valence-corrected chi connectivity index (χ4v) is 2.10. The Morgan fingerprint density at radius 3 is 2.54 bits per heavy atom. The number of pyridine rings is 1. The van der Waals surface area contributed by atoms with Gasteiger partial charge in [-0.2, -0.15) is 0 Å². The van der Waals surface area contributed by atoms with Crippen LogP contribution in [0.4, 0.5) is 8.78 Å². The van der Waals surface area contributed by atoms with E-state index in [2.05, 4.69) is 4.98 Å². The molecule has 0 atom stereocenters. The van der Waals surface area contributed by atoms with Crippen LogP contribution in [0.1, 0.15) is 17.7 Å². The molecule has 0 bridgehead atoms. The Bertz CT molecular complexity index is 320. The Kier molecular flexibility index (Phi) is 4.23. The number of halogens is 4. The third kappa shape index (κ3) is 2.69. The molecule has 6 heteroatoms. The van der Waals surface area contributed by atoms with E-state index in [1.165, 1.54) is 6.07 Å². The van der Waals surface area contributed by atoms with Crippen molar-refractivity contribution in [1.29, 1.82) is 0 Å². The van der Waals surface area contributed by atoms with Crippen LogP contribution in [0.2, 0.25) is 0 Å². The highest BCUT2D eigenvalue weighted by molar-refractivity contribution is 14.1. The molecule has 1 N–H and O–H groups in total. The SMILES string of the molecule is OCc1cc(I)c(C(F)F)nc1I. The van der Waals surface area contributed by atoms with Gasteiger partial charge in [-0.25, -0.2) is 13.8 Å². The lowest BCUT2D eigenvalue weighted by atomic mass is 10.2. The van der Waals surface area contributed by atoms with E-state index in [1.807, 2.05) is 22.6 Å². The molecule has 72 valence electrons. The van der Waals surface area contributed by atoms with E-state index in [0.717, 1.165) is 0 Å². The molecule has 0 unspecified atom stereocenters. The third-order valence-corrected chi connectivity index (χ3v) is 3.20. The Morgan fingerprint density at radius 1 is 1.46 bits per heavy atom. The molecule has 0 saturated carbocycles. The molecule has 1 aromatic rings. The Morgan fingerprint density at radius 2 is 2.08 bits per heavy atom. The van der Waals surface area contributed by atoms with E-state index in [9.17, 15) is 8.78 Å². The fraction of sp³-hybridized carbons (Fsp3) is 0.286. The van der Waals surface area contributed by atoms with Crippen molar-refractivity contribution in [2.45, 2.75) is 13.0 Å². The zero-order valence-electron chi connectivity index (χ0n) is 6.27. The Labute approximate surface area is 101 Å². The molecule has 0 spiro atoms. The van der Waals surface area contributed by atoms with Gasteiger partial charge in [0.1, 0.15) is 9.39 Å². The Balaban J connectivity index is 3.20. The summed E-state index contributed by atoms with van der Waals surface area (Å²) >= 11 is 3.61. The van der Waals surface area contributed by atoms with E-state index in [0.29, 0.717) is 12.8 Å². The molecule has 2 nitrogen and oxygen atoms in total. The van der Waals surface area contributed by atoms with E-state index < -0.39 is 6.43 Å². The van der Waals surface area contributed by atoms with Gasteiger partial charge in [-0.15, -0.1) is 0 Å². The van der Waals surface area contributed by atoms with Crippen molar-refractivity contribution in [2.24, 2.45) is 0 Å². The predicted octanol–water partition coefficient (Wildman–Crippen LogP) is 2.72. The molecule has 0 aliphatic heterocycles. The second-order valence-corrected chi connectivity index (χ2v) is 4.45. The summed E-state index contributed by atoms with van der Waals surface area (Å²) in [6.07, 6.45) is -2.56. The number of hydrogen-bond donors (Lipinski definition) is 1. The maximum atomic E-state index is 12.3. The van der Waals surface area contributed by atoms with Crippen molar-refractivity contribution < 1.29 is 13.9 Å². The predicted molar refractivity (Wildman–Crippen MR) is 60.6 cm³/mol. The monoisotopic (exact) mass is 411 g/mol. The number of aromatic nitrogens is 1. The van der Waals surface area contributed by atoms with Crippen LogP contribution in [0.3, 0.4) is 0 Å². The van der Waals surface area contributed by atoms with Crippen molar-refractivity contribution in [2.75, 3.05) is 0 Å². The zero-order chi connectivity index (χ0) is 10.0. The molecule has 0 aliphatic rings. The molecule has 1 heterocycles. The summed E-state index contributed by atoms with van der Waals surface area (Å²) in [6, 6.07) is 1.52. The molecular weight excluding hydrogens is 406 g/mol. The lowest BCUT2D eigenvalue weighted by molar-refractivity contribution is 0.144. The maximum Gasteiger partial charge on any atom is 0.281 e. The van der Waals surface area contributed by atoms with Crippen LogP contribution in [0.5, 0.6) is 0 Å². The third-order valence-electron chi connectivity index (χ3n) is 1.41. The van der Waals surface area contributed by atoms with Gasteiger partial charge in [0.05, 0.1) is 6.61 Å².